The second-order valence-electron chi connectivity index (χ2n) is 5.23. The molecule has 1 heterocycles. The van der Waals surface area contributed by atoms with Crippen molar-refractivity contribution >= 4 is 0 Å². The average Bonchev–Trinajstić information content (AvgIpc) is 2.38. The van der Waals surface area contributed by atoms with Crippen LogP contribution in [0.5, 0.6) is 0 Å². The fourth-order valence-corrected chi connectivity index (χ4v) is 2.39. The fourth-order valence-electron chi connectivity index (χ4n) is 2.39. The summed E-state index contributed by atoms with van der Waals surface area (Å²) in [5.74, 6) is -0.315. The zero-order valence-electron chi connectivity index (χ0n) is 11.9. The first-order chi connectivity index (χ1) is 9.41. The number of aryl methyl sites for hydroxylation is 1. The zero-order chi connectivity index (χ0) is 14.9. The molecule has 2 rings (SSSR count). The van der Waals surface area contributed by atoms with Crippen LogP contribution >= 0.6 is 0 Å². The van der Waals surface area contributed by atoms with Crippen LogP contribution in [0.15, 0.2) is 41.2 Å². The molecule has 1 aromatic heterocycles. The summed E-state index contributed by atoms with van der Waals surface area (Å²) in [6.45, 7) is 5.82. The van der Waals surface area contributed by atoms with Gasteiger partial charge in [0.2, 0.25) is 0 Å². The lowest BCUT2D eigenvalue weighted by molar-refractivity contribution is 0.554. The highest BCUT2D eigenvalue weighted by Gasteiger charge is 2.16. The van der Waals surface area contributed by atoms with E-state index in [1.54, 1.807) is 22.8 Å². The van der Waals surface area contributed by atoms with Gasteiger partial charge in [-0.25, -0.2) is 4.39 Å². The van der Waals surface area contributed by atoms with Crippen LogP contribution in [-0.4, -0.2) is 4.57 Å². The Hall–Kier alpha value is -1.94. The van der Waals surface area contributed by atoms with E-state index >= 15 is 0 Å². The predicted molar refractivity (Wildman–Crippen MR) is 78.3 cm³/mol. The van der Waals surface area contributed by atoms with E-state index in [0.29, 0.717) is 5.56 Å². The molecule has 20 heavy (non-hydrogen) atoms. The molecule has 0 aliphatic carbocycles. The molecule has 0 saturated heterocycles. The van der Waals surface area contributed by atoms with Gasteiger partial charge in [0, 0.05) is 17.3 Å². The molecule has 2 aromatic rings. The topological polar surface area (TPSA) is 48.0 Å². The molecule has 0 radical (unpaired) electrons. The maximum atomic E-state index is 12.9. The second-order valence-corrected chi connectivity index (χ2v) is 5.23. The van der Waals surface area contributed by atoms with E-state index in [4.69, 9.17) is 5.73 Å². The summed E-state index contributed by atoms with van der Waals surface area (Å²) in [7, 11) is 0. The van der Waals surface area contributed by atoms with Gasteiger partial charge < -0.3 is 10.3 Å². The highest BCUT2D eigenvalue weighted by atomic mass is 19.1. The molecule has 0 bridgehead atoms. The Morgan fingerprint density at radius 1 is 1.10 bits per heavy atom. The van der Waals surface area contributed by atoms with Gasteiger partial charge in [0.15, 0.2) is 0 Å². The summed E-state index contributed by atoms with van der Waals surface area (Å²) in [6.07, 6.45) is 0. The Balaban J connectivity index is 2.50. The van der Waals surface area contributed by atoms with Crippen LogP contribution in [0, 0.1) is 12.7 Å². The van der Waals surface area contributed by atoms with E-state index in [2.05, 4.69) is 0 Å². The standard InChI is InChI=1S/C16H19FN2O/c1-10(2)19-11(3)4-9-14(16(19)20)15(18)12-5-7-13(17)8-6-12/h4-10,15H,18H2,1-3H3. The Morgan fingerprint density at radius 3 is 2.25 bits per heavy atom. The Kier molecular flexibility index (Phi) is 4.04. The van der Waals surface area contributed by atoms with Crippen molar-refractivity contribution in [1.29, 1.82) is 0 Å². The first-order valence-electron chi connectivity index (χ1n) is 6.65. The molecule has 106 valence electrons. The molecule has 1 unspecified atom stereocenters. The number of rotatable bonds is 3. The van der Waals surface area contributed by atoms with E-state index in [9.17, 15) is 9.18 Å². The molecule has 0 amide bonds. The molecule has 0 aliphatic heterocycles. The first-order valence-corrected chi connectivity index (χ1v) is 6.65. The molecule has 0 saturated carbocycles. The van der Waals surface area contributed by atoms with E-state index in [-0.39, 0.29) is 17.4 Å². The van der Waals surface area contributed by atoms with Crippen molar-refractivity contribution in [2.24, 2.45) is 5.73 Å². The molecule has 1 aromatic carbocycles. The van der Waals surface area contributed by atoms with Gasteiger partial charge in [0.05, 0.1) is 6.04 Å². The first kappa shape index (κ1) is 14.5. The van der Waals surface area contributed by atoms with E-state index in [1.807, 2.05) is 26.8 Å². The number of nitrogens with zero attached hydrogens (tertiary/aromatic N) is 1. The van der Waals surface area contributed by atoms with E-state index < -0.39 is 6.04 Å². The fraction of sp³-hybridized carbons (Fsp3) is 0.312. The van der Waals surface area contributed by atoms with Gasteiger partial charge in [-0.1, -0.05) is 12.1 Å². The summed E-state index contributed by atoms with van der Waals surface area (Å²) in [6, 6.07) is 9.09. The van der Waals surface area contributed by atoms with Crippen molar-refractivity contribution in [3.05, 3.63) is 69.4 Å². The van der Waals surface area contributed by atoms with Gasteiger partial charge in [0.25, 0.3) is 5.56 Å². The van der Waals surface area contributed by atoms with Crippen molar-refractivity contribution in [1.82, 2.24) is 4.57 Å². The van der Waals surface area contributed by atoms with Crippen molar-refractivity contribution < 1.29 is 4.39 Å². The molecule has 4 heteroatoms. The number of hydrogen-bond acceptors (Lipinski definition) is 2. The number of pyridine rings is 1. The molecule has 1 atom stereocenters. The molecular weight excluding hydrogens is 255 g/mol. The Bertz CT molecular complexity index is 659. The third-order valence-corrected chi connectivity index (χ3v) is 3.43. The zero-order valence-corrected chi connectivity index (χ0v) is 11.9. The Morgan fingerprint density at radius 2 is 1.70 bits per heavy atom. The van der Waals surface area contributed by atoms with E-state index in [0.717, 1.165) is 11.3 Å². The van der Waals surface area contributed by atoms with Gasteiger partial charge in [-0.15, -0.1) is 0 Å². The molecule has 3 nitrogen and oxygen atoms in total. The average molecular weight is 274 g/mol. The van der Waals surface area contributed by atoms with Gasteiger partial charge in [-0.3, -0.25) is 4.79 Å². The van der Waals surface area contributed by atoms with Gasteiger partial charge in [0.1, 0.15) is 5.82 Å². The van der Waals surface area contributed by atoms with Crippen LogP contribution in [0.3, 0.4) is 0 Å². The summed E-state index contributed by atoms with van der Waals surface area (Å²) in [5.41, 5.74) is 8.22. The van der Waals surface area contributed by atoms with Crippen LogP contribution < -0.4 is 11.3 Å². The molecule has 2 N–H and O–H groups in total. The third kappa shape index (κ3) is 2.65. The summed E-state index contributed by atoms with van der Waals surface area (Å²) in [5, 5.41) is 0. The SMILES string of the molecule is Cc1ccc(C(N)c2ccc(F)cc2)c(=O)n1C(C)C. The molecular formula is C16H19FN2O. The lowest BCUT2D eigenvalue weighted by Crippen LogP contribution is -2.31. The van der Waals surface area contributed by atoms with E-state index in [1.165, 1.54) is 12.1 Å². The summed E-state index contributed by atoms with van der Waals surface area (Å²) in [4.78, 5) is 12.5. The lowest BCUT2D eigenvalue weighted by atomic mass is 10.0. The smallest absolute Gasteiger partial charge is 0.256 e. The quantitative estimate of drug-likeness (QED) is 0.935. The number of hydrogen-bond donors (Lipinski definition) is 1. The van der Waals surface area contributed by atoms with Crippen LogP contribution in [0.25, 0.3) is 0 Å². The van der Waals surface area contributed by atoms with Gasteiger partial charge in [-0.2, -0.15) is 0 Å². The minimum atomic E-state index is -0.548. The maximum Gasteiger partial charge on any atom is 0.256 e. The second kappa shape index (κ2) is 5.59. The number of halogens is 1. The number of benzene rings is 1. The minimum absolute atomic E-state index is 0.0721. The van der Waals surface area contributed by atoms with Crippen LogP contribution in [0.2, 0.25) is 0 Å². The molecule has 0 spiro atoms. The van der Waals surface area contributed by atoms with Crippen LogP contribution in [0.4, 0.5) is 4.39 Å². The number of nitrogens with two attached hydrogens (primary N) is 1. The highest BCUT2D eigenvalue weighted by Crippen LogP contribution is 2.18. The maximum absolute atomic E-state index is 12.9. The van der Waals surface area contributed by atoms with Crippen molar-refractivity contribution in [3.63, 3.8) is 0 Å². The third-order valence-electron chi connectivity index (χ3n) is 3.43. The molecule has 0 fully saturated rings. The van der Waals surface area contributed by atoms with Crippen molar-refractivity contribution in [2.75, 3.05) is 0 Å². The van der Waals surface area contributed by atoms with Gasteiger partial charge >= 0.3 is 0 Å². The summed E-state index contributed by atoms with van der Waals surface area (Å²) < 4.78 is 14.7. The minimum Gasteiger partial charge on any atom is -0.320 e. The van der Waals surface area contributed by atoms with Crippen LogP contribution in [0.1, 0.15) is 42.8 Å². The summed E-state index contributed by atoms with van der Waals surface area (Å²) >= 11 is 0. The van der Waals surface area contributed by atoms with Gasteiger partial charge in [-0.05, 0) is 50.6 Å². The number of aromatic nitrogens is 1. The van der Waals surface area contributed by atoms with Crippen LogP contribution in [-0.2, 0) is 0 Å². The Labute approximate surface area is 117 Å². The highest BCUT2D eigenvalue weighted by molar-refractivity contribution is 5.31. The lowest BCUT2D eigenvalue weighted by Gasteiger charge is -2.18. The monoisotopic (exact) mass is 274 g/mol. The van der Waals surface area contributed by atoms with Crippen molar-refractivity contribution in [2.45, 2.75) is 32.9 Å². The van der Waals surface area contributed by atoms with Crippen molar-refractivity contribution in [3.8, 4) is 0 Å². The normalized spacial score (nSPS) is 12.7. The largest absolute Gasteiger partial charge is 0.320 e. The molecule has 0 aliphatic rings. The predicted octanol–water partition coefficient (Wildman–Crippen LogP) is 2.92.